The third kappa shape index (κ3) is 9.44. The minimum atomic E-state index is -0.551. The molecule has 0 saturated carbocycles. The SMILES string of the molecule is CNCCCNC(=O)[C@H](CC(=O)OC(C)(C)C)NC. The van der Waals surface area contributed by atoms with Gasteiger partial charge in [0.05, 0.1) is 12.5 Å². The fourth-order valence-electron chi connectivity index (χ4n) is 1.48. The molecule has 0 heterocycles. The molecule has 0 spiro atoms. The summed E-state index contributed by atoms with van der Waals surface area (Å²) in [6.07, 6.45) is 0.886. The zero-order valence-electron chi connectivity index (χ0n) is 12.6. The molecule has 6 nitrogen and oxygen atoms in total. The van der Waals surface area contributed by atoms with E-state index in [0.717, 1.165) is 13.0 Å². The number of ether oxygens (including phenoxy) is 1. The molecule has 0 rings (SSSR count). The Hall–Kier alpha value is -1.14. The van der Waals surface area contributed by atoms with E-state index in [0.29, 0.717) is 6.54 Å². The highest BCUT2D eigenvalue weighted by molar-refractivity contribution is 5.86. The van der Waals surface area contributed by atoms with Gasteiger partial charge in [-0.25, -0.2) is 0 Å². The summed E-state index contributed by atoms with van der Waals surface area (Å²) in [6.45, 7) is 6.84. The van der Waals surface area contributed by atoms with Crippen LogP contribution in [0.25, 0.3) is 0 Å². The Bertz CT molecular complexity index is 287. The summed E-state index contributed by atoms with van der Waals surface area (Å²) >= 11 is 0. The van der Waals surface area contributed by atoms with Gasteiger partial charge in [0.15, 0.2) is 0 Å². The van der Waals surface area contributed by atoms with Crippen molar-refractivity contribution in [3.63, 3.8) is 0 Å². The second kappa shape index (κ2) is 8.87. The molecule has 0 radical (unpaired) electrons. The lowest BCUT2D eigenvalue weighted by Crippen LogP contribution is -2.45. The van der Waals surface area contributed by atoms with E-state index in [1.165, 1.54) is 0 Å². The van der Waals surface area contributed by atoms with Gasteiger partial charge in [-0.3, -0.25) is 9.59 Å². The second-order valence-corrected chi connectivity index (χ2v) is 5.38. The molecular formula is C13H27N3O3. The van der Waals surface area contributed by atoms with Crippen molar-refractivity contribution < 1.29 is 14.3 Å². The van der Waals surface area contributed by atoms with Gasteiger partial charge in [-0.2, -0.15) is 0 Å². The lowest BCUT2D eigenvalue weighted by molar-refractivity contribution is -0.156. The maximum atomic E-state index is 11.8. The first kappa shape index (κ1) is 17.9. The molecule has 0 aliphatic heterocycles. The normalized spacial score (nSPS) is 12.9. The maximum Gasteiger partial charge on any atom is 0.308 e. The minimum Gasteiger partial charge on any atom is -0.460 e. The first-order valence-electron chi connectivity index (χ1n) is 6.61. The highest BCUT2D eigenvalue weighted by Crippen LogP contribution is 2.09. The molecule has 0 aromatic heterocycles. The number of likely N-dealkylation sites (N-methyl/N-ethyl adjacent to an activating group) is 1. The van der Waals surface area contributed by atoms with Crippen molar-refractivity contribution in [2.75, 3.05) is 27.2 Å². The van der Waals surface area contributed by atoms with Crippen LogP contribution in [-0.2, 0) is 14.3 Å². The summed E-state index contributed by atoms with van der Waals surface area (Å²) in [5.41, 5.74) is -0.529. The minimum absolute atomic E-state index is 0.0334. The Morgan fingerprint density at radius 1 is 1.16 bits per heavy atom. The maximum absolute atomic E-state index is 11.8. The molecule has 112 valence electrons. The Labute approximate surface area is 115 Å². The van der Waals surface area contributed by atoms with E-state index < -0.39 is 11.6 Å². The third-order valence-corrected chi connectivity index (χ3v) is 2.36. The summed E-state index contributed by atoms with van der Waals surface area (Å²) in [6, 6.07) is -0.551. The van der Waals surface area contributed by atoms with E-state index in [9.17, 15) is 9.59 Å². The van der Waals surface area contributed by atoms with E-state index in [1.54, 1.807) is 27.8 Å². The van der Waals surface area contributed by atoms with Crippen LogP contribution in [0.2, 0.25) is 0 Å². The monoisotopic (exact) mass is 273 g/mol. The number of hydrogen-bond donors (Lipinski definition) is 3. The Kier molecular flexibility index (Phi) is 8.34. The van der Waals surface area contributed by atoms with Gasteiger partial charge >= 0.3 is 5.97 Å². The first-order chi connectivity index (χ1) is 8.80. The van der Waals surface area contributed by atoms with Crippen LogP contribution in [0.1, 0.15) is 33.6 Å². The molecule has 6 heteroatoms. The molecule has 0 aromatic carbocycles. The van der Waals surface area contributed by atoms with Crippen molar-refractivity contribution in [3.05, 3.63) is 0 Å². The zero-order chi connectivity index (χ0) is 14.9. The molecule has 1 atom stereocenters. The Balaban J connectivity index is 4.11. The summed E-state index contributed by atoms with van der Waals surface area (Å²) in [4.78, 5) is 23.5. The molecule has 19 heavy (non-hydrogen) atoms. The van der Waals surface area contributed by atoms with Gasteiger partial charge in [-0.05, 0) is 47.8 Å². The van der Waals surface area contributed by atoms with Crippen LogP contribution in [0.5, 0.6) is 0 Å². The average Bonchev–Trinajstić information content (AvgIpc) is 2.29. The van der Waals surface area contributed by atoms with Crippen molar-refractivity contribution in [2.45, 2.75) is 45.3 Å². The van der Waals surface area contributed by atoms with Crippen LogP contribution in [0.3, 0.4) is 0 Å². The molecular weight excluding hydrogens is 246 g/mol. The number of nitrogens with one attached hydrogen (secondary N) is 3. The summed E-state index contributed by atoms with van der Waals surface area (Å²) in [7, 11) is 3.52. The molecule has 0 saturated heterocycles. The highest BCUT2D eigenvalue weighted by atomic mass is 16.6. The van der Waals surface area contributed by atoms with Crippen LogP contribution >= 0.6 is 0 Å². The molecule has 0 bridgehead atoms. The van der Waals surface area contributed by atoms with Crippen molar-refractivity contribution in [2.24, 2.45) is 0 Å². The van der Waals surface area contributed by atoms with Gasteiger partial charge in [0.1, 0.15) is 5.60 Å². The quantitative estimate of drug-likeness (QED) is 0.429. The summed E-state index contributed by atoms with van der Waals surface area (Å²) in [5, 5.41) is 8.62. The number of esters is 1. The number of carbonyl (C=O) groups excluding carboxylic acids is 2. The molecule has 0 aliphatic carbocycles. The number of hydrogen-bond acceptors (Lipinski definition) is 5. The van der Waals surface area contributed by atoms with E-state index in [-0.39, 0.29) is 18.3 Å². The van der Waals surface area contributed by atoms with Crippen molar-refractivity contribution >= 4 is 11.9 Å². The number of amides is 1. The lowest BCUT2D eigenvalue weighted by atomic mass is 10.1. The molecule has 0 unspecified atom stereocenters. The van der Waals surface area contributed by atoms with Crippen LogP contribution in [0.4, 0.5) is 0 Å². The largest absolute Gasteiger partial charge is 0.460 e. The van der Waals surface area contributed by atoms with E-state index in [1.807, 2.05) is 7.05 Å². The fraction of sp³-hybridized carbons (Fsp3) is 0.846. The van der Waals surface area contributed by atoms with Crippen molar-refractivity contribution in [3.8, 4) is 0 Å². The summed E-state index contributed by atoms with van der Waals surface area (Å²) < 4.78 is 5.19. The molecule has 0 aliphatic rings. The fourth-order valence-corrected chi connectivity index (χ4v) is 1.48. The van der Waals surface area contributed by atoms with E-state index in [2.05, 4.69) is 16.0 Å². The zero-order valence-corrected chi connectivity index (χ0v) is 12.6. The van der Waals surface area contributed by atoms with E-state index in [4.69, 9.17) is 4.74 Å². The van der Waals surface area contributed by atoms with Crippen LogP contribution < -0.4 is 16.0 Å². The average molecular weight is 273 g/mol. The lowest BCUT2D eigenvalue weighted by Gasteiger charge is -2.21. The van der Waals surface area contributed by atoms with Crippen molar-refractivity contribution in [1.82, 2.24) is 16.0 Å². The topological polar surface area (TPSA) is 79.5 Å². The first-order valence-corrected chi connectivity index (χ1v) is 6.61. The van der Waals surface area contributed by atoms with Crippen LogP contribution in [0.15, 0.2) is 0 Å². The molecule has 0 aromatic rings. The van der Waals surface area contributed by atoms with Crippen LogP contribution in [-0.4, -0.2) is 50.7 Å². The smallest absolute Gasteiger partial charge is 0.308 e. The van der Waals surface area contributed by atoms with Gasteiger partial charge in [-0.15, -0.1) is 0 Å². The van der Waals surface area contributed by atoms with Gasteiger partial charge in [-0.1, -0.05) is 0 Å². The van der Waals surface area contributed by atoms with Gasteiger partial charge in [0.25, 0.3) is 0 Å². The molecule has 1 amide bonds. The van der Waals surface area contributed by atoms with Crippen LogP contribution in [0, 0.1) is 0 Å². The molecule has 0 fully saturated rings. The second-order valence-electron chi connectivity index (χ2n) is 5.38. The highest BCUT2D eigenvalue weighted by Gasteiger charge is 2.23. The predicted octanol–water partition coefficient (Wildman–Crippen LogP) is 0.0319. The van der Waals surface area contributed by atoms with Crippen molar-refractivity contribution in [1.29, 1.82) is 0 Å². The predicted molar refractivity (Wildman–Crippen MR) is 74.9 cm³/mol. The Morgan fingerprint density at radius 2 is 1.79 bits per heavy atom. The Morgan fingerprint density at radius 3 is 2.26 bits per heavy atom. The summed E-state index contributed by atoms with van der Waals surface area (Å²) in [5.74, 6) is -0.554. The third-order valence-electron chi connectivity index (χ3n) is 2.36. The van der Waals surface area contributed by atoms with E-state index >= 15 is 0 Å². The number of rotatable bonds is 8. The number of carbonyl (C=O) groups is 2. The van der Waals surface area contributed by atoms with Gasteiger partial charge in [0, 0.05) is 6.54 Å². The standard InChI is InChI=1S/C13H27N3O3/c1-13(2,3)19-11(17)9-10(15-5)12(18)16-8-6-7-14-4/h10,14-15H,6-9H2,1-5H3,(H,16,18)/t10-/m0/s1. The molecule has 3 N–H and O–H groups in total. The van der Waals surface area contributed by atoms with Gasteiger partial charge < -0.3 is 20.7 Å². The van der Waals surface area contributed by atoms with Gasteiger partial charge in [0.2, 0.25) is 5.91 Å².